The fourth-order valence-corrected chi connectivity index (χ4v) is 2.41. The number of rotatable bonds is 5. The van der Waals surface area contributed by atoms with Crippen LogP contribution in [0.3, 0.4) is 0 Å². The van der Waals surface area contributed by atoms with Gasteiger partial charge in [0, 0.05) is 12.6 Å². The van der Waals surface area contributed by atoms with Gasteiger partial charge in [-0.15, -0.1) is 0 Å². The summed E-state index contributed by atoms with van der Waals surface area (Å²) in [5.74, 6) is -1.18. The van der Waals surface area contributed by atoms with Crippen LogP contribution in [0, 0.1) is 5.92 Å². The maximum atomic E-state index is 10.8. The lowest BCUT2D eigenvalue weighted by Crippen LogP contribution is -2.39. The van der Waals surface area contributed by atoms with Crippen LogP contribution in [0.5, 0.6) is 0 Å². The van der Waals surface area contributed by atoms with E-state index in [0.717, 1.165) is 12.8 Å². The first-order valence-corrected chi connectivity index (χ1v) is 7.06. The van der Waals surface area contributed by atoms with E-state index in [-0.39, 0.29) is 24.3 Å². The minimum Gasteiger partial charge on any atom is -0.481 e. The molecule has 1 aliphatic rings. The third-order valence-corrected chi connectivity index (χ3v) is 3.62. The summed E-state index contributed by atoms with van der Waals surface area (Å²) in [4.78, 5) is 10.8. The molecule has 1 saturated carbocycles. The molecule has 0 heterocycles. The van der Waals surface area contributed by atoms with Crippen LogP contribution in [0.15, 0.2) is 0 Å². The summed E-state index contributed by atoms with van der Waals surface area (Å²) in [5, 5.41) is 16.8. The largest absolute Gasteiger partial charge is 0.481 e. The number of sulfonamides is 1. The second-order valence-electron chi connectivity index (χ2n) is 4.22. The van der Waals surface area contributed by atoms with Crippen LogP contribution >= 0.6 is 0 Å². The van der Waals surface area contributed by atoms with Gasteiger partial charge in [0.15, 0.2) is 0 Å². The zero-order valence-corrected chi connectivity index (χ0v) is 9.87. The van der Waals surface area contributed by atoms with Crippen LogP contribution in [0.4, 0.5) is 0 Å². The van der Waals surface area contributed by atoms with Crippen molar-refractivity contribution in [3.05, 3.63) is 0 Å². The summed E-state index contributed by atoms with van der Waals surface area (Å²) in [6.45, 7) is 0.288. The van der Waals surface area contributed by atoms with Gasteiger partial charge in [0.05, 0.1) is 11.7 Å². The van der Waals surface area contributed by atoms with Crippen molar-refractivity contribution in [3.63, 3.8) is 0 Å². The third-order valence-electron chi connectivity index (χ3n) is 2.84. The van der Waals surface area contributed by atoms with E-state index in [0.29, 0.717) is 12.8 Å². The number of aliphatic carboxylic acids is 1. The summed E-state index contributed by atoms with van der Waals surface area (Å²) >= 11 is 0. The molecule has 0 aromatic heterocycles. The van der Waals surface area contributed by atoms with E-state index < -0.39 is 16.0 Å². The second kappa shape index (κ2) is 5.60. The molecule has 7 heteroatoms. The molecule has 0 spiro atoms. The van der Waals surface area contributed by atoms with Crippen LogP contribution in [0.25, 0.3) is 0 Å². The Bertz CT molecular complexity index is 341. The van der Waals surface area contributed by atoms with Crippen LogP contribution in [0.1, 0.15) is 25.7 Å². The molecule has 16 heavy (non-hydrogen) atoms. The second-order valence-corrected chi connectivity index (χ2v) is 5.95. The molecule has 2 atom stereocenters. The van der Waals surface area contributed by atoms with Gasteiger partial charge < -0.3 is 10.4 Å². The van der Waals surface area contributed by atoms with E-state index in [9.17, 15) is 13.2 Å². The van der Waals surface area contributed by atoms with Crippen molar-refractivity contribution in [3.8, 4) is 0 Å². The average Bonchev–Trinajstić information content (AvgIpc) is 2.16. The molecule has 0 amide bonds. The first-order valence-electron chi connectivity index (χ1n) is 5.35. The molecule has 0 bridgehead atoms. The summed E-state index contributed by atoms with van der Waals surface area (Å²) in [6, 6.07) is 0.0941. The molecule has 0 aromatic rings. The van der Waals surface area contributed by atoms with E-state index in [1.54, 1.807) is 0 Å². The molecule has 1 fully saturated rings. The van der Waals surface area contributed by atoms with Crippen molar-refractivity contribution in [1.82, 2.24) is 5.32 Å². The Morgan fingerprint density at radius 1 is 1.44 bits per heavy atom. The number of carbonyl (C=O) groups is 1. The van der Waals surface area contributed by atoms with Gasteiger partial charge in [-0.05, 0) is 19.3 Å². The summed E-state index contributed by atoms with van der Waals surface area (Å²) in [5.41, 5.74) is 0. The SMILES string of the molecule is NS(=O)(=O)CCNC1CCCC(C(=O)O)C1. The summed E-state index contributed by atoms with van der Waals surface area (Å²) < 4.78 is 21.4. The first-order chi connectivity index (χ1) is 7.38. The van der Waals surface area contributed by atoms with Crippen molar-refractivity contribution in [1.29, 1.82) is 0 Å². The molecule has 6 nitrogen and oxygen atoms in total. The van der Waals surface area contributed by atoms with Gasteiger partial charge in [0.25, 0.3) is 0 Å². The van der Waals surface area contributed by atoms with Gasteiger partial charge in [-0.3, -0.25) is 4.79 Å². The Labute approximate surface area is 95.3 Å². The number of nitrogens with two attached hydrogens (primary N) is 1. The molecular formula is C9H18N2O4S. The molecule has 0 aromatic carbocycles. The monoisotopic (exact) mass is 250 g/mol. The highest BCUT2D eigenvalue weighted by Gasteiger charge is 2.26. The Hall–Kier alpha value is -0.660. The molecule has 0 aliphatic heterocycles. The van der Waals surface area contributed by atoms with Gasteiger partial charge in [0.1, 0.15) is 0 Å². The Morgan fingerprint density at radius 3 is 2.69 bits per heavy atom. The number of hydrogen-bond donors (Lipinski definition) is 3. The number of carboxylic acids is 1. The third kappa shape index (κ3) is 4.91. The molecular weight excluding hydrogens is 232 g/mol. The average molecular weight is 250 g/mol. The quantitative estimate of drug-likeness (QED) is 0.610. The smallest absolute Gasteiger partial charge is 0.306 e. The maximum Gasteiger partial charge on any atom is 0.306 e. The lowest BCUT2D eigenvalue weighted by molar-refractivity contribution is -0.143. The Kier molecular flexibility index (Phi) is 4.69. The summed E-state index contributed by atoms with van der Waals surface area (Å²) in [6.07, 6.45) is 3.04. The van der Waals surface area contributed by atoms with Crippen LogP contribution in [-0.2, 0) is 14.8 Å². The topological polar surface area (TPSA) is 109 Å². The van der Waals surface area contributed by atoms with Crippen LogP contribution < -0.4 is 10.5 Å². The van der Waals surface area contributed by atoms with Crippen molar-refractivity contribution < 1.29 is 18.3 Å². The minimum atomic E-state index is -3.43. The maximum absolute atomic E-state index is 10.8. The van der Waals surface area contributed by atoms with Crippen molar-refractivity contribution in [2.45, 2.75) is 31.7 Å². The van der Waals surface area contributed by atoms with Gasteiger partial charge in [-0.25, -0.2) is 13.6 Å². The molecule has 2 unspecified atom stereocenters. The predicted octanol–water partition coefficient (Wildman–Crippen LogP) is -0.492. The number of hydrogen-bond acceptors (Lipinski definition) is 4. The first kappa shape index (κ1) is 13.4. The highest BCUT2D eigenvalue weighted by atomic mass is 32.2. The number of carboxylic acid groups (broad SMARTS) is 1. The van der Waals surface area contributed by atoms with E-state index in [1.807, 2.05) is 0 Å². The molecule has 0 saturated heterocycles. The lowest BCUT2D eigenvalue weighted by Gasteiger charge is -2.27. The van der Waals surface area contributed by atoms with Crippen molar-refractivity contribution >= 4 is 16.0 Å². The molecule has 0 radical (unpaired) electrons. The van der Waals surface area contributed by atoms with E-state index >= 15 is 0 Å². The van der Waals surface area contributed by atoms with E-state index in [2.05, 4.69) is 5.32 Å². The van der Waals surface area contributed by atoms with Crippen LogP contribution in [-0.4, -0.2) is 37.8 Å². The fraction of sp³-hybridized carbons (Fsp3) is 0.889. The zero-order chi connectivity index (χ0) is 12.2. The van der Waals surface area contributed by atoms with Gasteiger partial charge >= 0.3 is 5.97 Å². The fourth-order valence-electron chi connectivity index (χ4n) is 2.00. The van der Waals surface area contributed by atoms with Crippen molar-refractivity contribution in [2.24, 2.45) is 11.1 Å². The molecule has 1 rings (SSSR count). The standard InChI is InChI=1S/C9H18N2O4S/c10-16(14,15)5-4-11-8-3-1-2-7(6-8)9(12)13/h7-8,11H,1-6H2,(H,12,13)(H2,10,14,15). The van der Waals surface area contributed by atoms with Gasteiger partial charge in [-0.1, -0.05) is 6.42 Å². The highest BCUT2D eigenvalue weighted by molar-refractivity contribution is 7.89. The van der Waals surface area contributed by atoms with Gasteiger partial charge in [-0.2, -0.15) is 0 Å². The molecule has 1 aliphatic carbocycles. The normalized spacial score (nSPS) is 26.6. The van der Waals surface area contributed by atoms with Gasteiger partial charge in [0.2, 0.25) is 10.0 Å². The molecule has 94 valence electrons. The molecule has 4 N–H and O–H groups in total. The predicted molar refractivity (Wildman–Crippen MR) is 59.4 cm³/mol. The van der Waals surface area contributed by atoms with Crippen LogP contribution in [0.2, 0.25) is 0 Å². The minimum absolute atomic E-state index is 0.0941. The summed E-state index contributed by atoms with van der Waals surface area (Å²) in [7, 11) is -3.43. The zero-order valence-electron chi connectivity index (χ0n) is 9.05. The Morgan fingerprint density at radius 2 is 2.12 bits per heavy atom. The Balaban J connectivity index is 2.30. The van der Waals surface area contributed by atoms with E-state index in [1.165, 1.54) is 0 Å². The lowest BCUT2D eigenvalue weighted by atomic mass is 9.86. The highest BCUT2D eigenvalue weighted by Crippen LogP contribution is 2.24. The number of primary sulfonamides is 1. The van der Waals surface area contributed by atoms with Crippen molar-refractivity contribution in [2.75, 3.05) is 12.3 Å². The number of nitrogens with one attached hydrogen (secondary N) is 1. The van der Waals surface area contributed by atoms with E-state index in [4.69, 9.17) is 10.2 Å².